The van der Waals surface area contributed by atoms with E-state index in [-0.39, 0.29) is 18.0 Å². The first-order valence-electron chi connectivity index (χ1n) is 9.06. The Morgan fingerprint density at radius 3 is 2.34 bits per heavy atom. The summed E-state index contributed by atoms with van der Waals surface area (Å²) < 4.78 is 0. The number of aromatic amines is 1. The van der Waals surface area contributed by atoms with E-state index < -0.39 is 5.97 Å². The van der Waals surface area contributed by atoms with E-state index in [0.717, 1.165) is 44.4 Å². The Balaban J connectivity index is 0.00000205. The van der Waals surface area contributed by atoms with Crippen LogP contribution in [0.2, 0.25) is 0 Å². The van der Waals surface area contributed by atoms with Gasteiger partial charge in [-0.3, -0.25) is 0 Å². The van der Waals surface area contributed by atoms with Gasteiger partial charge >= 0.3 is 5.97 Å². The normalized spacial score (nSPS) is 13.8. The molecule has 4 nitrogen and oxygen atoms in total. The highest BCUT2D eigenvalue weighted by Crippen LogP contribution is 2.37. The van der Waals surface area contributed by atoms with Gasteiger partial charge in [0.15, 0.2) is 6.21 Å². The number of hydrogen-bond acceptors (Lipinski definition) is 1. The molecule has 0 atom stereocenters. The minimum Gasteiger partial charge on any atom is -1.00 e. The van der Waals surface area contributed by atoms with Gasteiger partial charge in [-0.1, -0.05) is 42.5 Å². The van der Waals surface area contributed by atoms with Crippen molar-refractivity contribution < 1.29 is 27.3 Å². The zero-order valence-corrected chi connectivity index (χ0v) is 16.1. The van der Waals surface area contributed by atoms with Gasteiger partial charge in [-0.15, -0.1) is 0 Å². The molecule has 142 valence electrons. The molecule has 0 saturated heterocycles. The number of allylic oxidation sites excluding steroid dienone is 1. The topological polar surface area (TPSA) is 67.1 Å². The smallest absolute Gasteiger partial charge is 0.335 e. The molecule has 29 heavy (non-hydrogen) atoms. The maximum Gasteiger partial charge on any atom is 0.335 e. The molecule has 3 aromatic carbocycles. The van der Waals surface area contributed by atoms with Crippen LogP contribution in [0.25, 0.3) is 22.0 Å². The van der Waals surface area contributed by atoms with Crippen molar-refractivity contribution in [2.24, 2.45) is 0 Å². The van der Waals surface area contributed by atoms with Gasteiger partial charge in [0.1, 0.15) is 0 Å². The Kier molecular flexibility index (Phi) is 4.79. The third-order valence-corrected chi connectivity index (χ3v) is 5.14. The van der Waals surface area contributed by atoms with Crippen LogP contribution in [0, 0.1) is 0 Å². The Hall–Kier alpha value is -3.63. The van der Waals surface area contributed by atoms with E-state index >= 15 is 0 Å². The second kappa shape index (κ2) is 7.41. The highest BCUT2D eigenvalue weighted by molar-refractivity contribution is 6.24. The third kappa shape index (κ3) is 3.13. The monoisotopic (exact) mass is 400 g/mol. The fraction of sp³-hybridized carbons (Fsp3) is 0. The molecule has 5 rings (SSSR count). The Bertz CT molecular complexity index is 1280. The first kappa shape index (κ1) is 18.7. The maximum atomic E-state index is 11.3. The molecule has 1 aromatic heterocycles. The molecule has 0 aliphatic carbocycles. The summed E-state index contributed by atoms with van der Waals surface area (Å²) in [5, 5.41) is 10.4. The summed E-state index contributed by atoms with van der Waals surface area (Å²) in [5.74, 6) is -0.924. The number of para-hydroxylation sites is 2. The van der Waals surface area contributed by atoms with Crippen molar-refractivity contribution in [3.05, 3.63) is 101 Å². The summed E-state index contributed by atoms with van der Waals surface area (Å²) in [7, 11) is 0. The molecule has 2 heterocycles. The molecule has 0 unspecified atom stereocenters. The molecule has 0 fully saturated rings. The van der Waals surface area contributed by atoms with E-state index in [9.17, 15) is 9.90 Å². The number of hydrogen-bond donors (Lipinski definition) is 3. The summed E-state index contributed by atoms with van der Waals surface area (Å²) in [6, 6.07) is 23.4. The van der Waals surface area contributed by atoms with Gasteiger partial charge in [-0.2, -0.15) is 0 Å². The van der Waals surface area contributed by atoms with E-state index in [4.69, 9.17) is 0 Å². The van der Waals surface area contributed by atoms with E-state index in [1.165, 1.54) is 0 Å². The van der Waals surface area contributed by atoms with Gasteiger partial charge in [0.2, 0.25) is 5.69 Å². The molecule has 0 spiro atoms. The first-order valence-corrected chi connectivity index (χ1v) is 9.06. The Morgan fingerprint density at radius 1 is 0.862 bits per heavy atom. The van der Waals surface area contributed by atoms with Crippen molar-refractivity contribution in [3.8, 4) is 0 Å². The number of fused-ring (bicyclic) bond motifs is 2. The summed E-state index contributed by atoms with van der Waals surface area (Å²) in [5.41, 5.74) is 7.75. The lowest BCUT2D eigenvalue weighted by atomic mass is 9.90. The molecule has 1 aliphatic heterocycles. The lowest BCUT2D eigenvalue weighted by molar-refractivity contribution is -0.342. The van der Waals surface area contributed by atoms with Gasteiger partial charge in [0.05, 0.1) is 16.7 Å². The Morgan fingerprint density at radius 2 is 1.55 bits per heavy atom. The van der Waals surface area contributed by atoms with E-state index in [0.29, 0.717) is 0 Å². The van der Waals surface area contributed by atoms with Gasteiger partial charge in [0.25, 0.3) is 0 Å². The van der Waals surface area contributed by atoms with Crippen LogP contribution in [-0.4, -0.2) is 22.3 Å². The van der Waals surface area contributed by atoms with Crippen molar-refractivity contribution in [3.63, 3.8) is 0 Å². The van der Waals surface area contributed by atoms with Crippen LogP contribution < -0.4 is 17.4 Å². The SMILES string of the molecule is O=C(O)c1ccc(C(=C2C=[NH+]c3ccccc32)c2c[nH]c3ccccc23)cc1.[Cl-]. The van der Waals surface area contributed by atoms with Gasteiger partial charge in [0, 0.05) is 34.3 Å². The fourth-order valence-corrected chi connectivity index (χ4v) is 3.79. The van der Waals surface area contributed by atoms with Crippen LogP contribution in [0.5, 0.6) is 0 Å². The number of halogens is 1. The summed E-state index contributed by atoms with van der Waals surface area (Å²) in [4.78, 5) is 18.0. The van der Waals surface area contributed by atoms with Crippen LogP contribution in [-0.2, 0) is 0 Å². The zero-order valence-electron chi connectivity index (χ0n) is 15.3. The number of aromatic nitrogens is 1. The van der Waals surface area contributed by atoms with Crippen molar-refractivity contribution in [2.75, 3.05) is 0 Å². The minimum absolute atomic E-state index is 0. The molecule has 0 radical (unpaired) electrons. The molecule has 0 saturated carbocycles. The van der Waals surface area contributed by atoms with Crippen LogP contribution in [0.3, 0.4) is 0 Å². The van der Waals surface area contributed by atoms with Gasteiger partial charge in [-0.05, 0) is 29.8 Å². The minimum atomic E-state index is -0.924. The Labute approximate surface area is 173 Å². The van der Waals surface area contributed by atoms with Gasteiger partial charge in [-0.25, -0.2) is 9.79 Å². The number of rotatable bonds is 3. The zero-order chi connectivity index (χ0) is 19.1. The highest BCUT2D eigenvalue weighted by atomic mass is 35.5. The van der Waals surface area contributed by atoms with E-state index in [2.05, 4.69) is 34.2 Å². The summed E-state index contributed by atoms with van der Waals surface area (Å²) in [6.45, 7) is 0. The first-order chi connectivity index (χ1) is 13.7. The van der Waals surface area contributed by atoms with Crippen LogP contribution in [0.1, 0.15) is 27.0 Å². The van der Waals surface area contributed by atoms with Crippen molar-refractivity contribution >= 4 is 39.9 Å². The van der Waals surface area contributed by atoms with Gasteiger partial charge < -0.3 is 22.5 Å². The van der Waals surface area contributed by atoms with Crippen LogP contribution in [0.4, 0.5) is 5.69 Å². The average molecular weight is 401 g/mol. The number of carboxylic acids is 1. The van der Waals surface area contributed by atoms with E-state index in [1.54, 1.807) is 12.1 Å². The lowest BCUT2D eigenvalue weighted by Gasteiger charge is -2.11. The second-order valence-corrected chi connectivity index (χ2v) is 6.75. The number of benzene rings is 3. The molecule has 3 N–H and O–H groups in total. The standard InChI is InChI=1S/C24H16N2O2.ClH/c27-24(28)16-11-9-15(10-12-16)23(19-13-25-21-7-3-1-5-17(19)21)20-14-26-22-8-4-2-6-18(20)22;/h1-14,25H,(H,27,28);1H. The average Bonchev–Trinajstić information content (AvgIpc) is 3.34. The predicted molar refractivity (Wildman–Crippen MR) is 111 cm³/mol. The van der Waals surface area contributed by atoms with Crippen molar-refractivity contribution in [1.82, 2.24) is 4.98 Å². The van der Waals surface area contributed by atoms with Crippen molar-refractivity contribution in [1.29, 1.82) is 0 Å². The highest BCUT2D eigenvalue weighted by Gasteiger charge is 2.24. The molecular weight excluding hydrogens is 384 g/mol. The number of nitrogens with one attached hydrogen (secondary N) is 2. The number of carboxylic acid groups (broad SMARTS) is 1. The number of carbonyl (C=O) groups is 1. The van der Waals surface area contributed by atoms with Crippen LogP contribution in [0.15, 0.2) is 79.0 Å². The number of aromatic carboxylic acids is 1. The molecule has 0 amide bonds. The molecule has 1 aliphatic rings. The summed E-state index contributed by atoms with van der Waals surface area (Å²) in [6.07, 6.45) is 4.04. The van der Waals surface area contributed by atoms with Crippen LogP contribution >= 0.6 is 0 Å². The molecule has 0 bridgehead atoms. The quantitative estimate of drug-likeness (QED) is 0.472. The maximum absolute atomic E-state index is 11.3. The fourth-order valence-electron chi connectivity index (χ4n) is 3.79. The molecule has 5 heteroatoms. The predicted octanol–water partition coefficient (Wildman–Crippen LogP) is 0.626. The molecular formula is C24H17ClN2O2. The second-order valence-electron chi connectivity index (χ2n) is 6.75. The lowest BCUT2D eigenvalue weighted by Crippen LogP contribution is -3.00. The number of H-pyrrole nitrogens is 1. The van der Waals surface area contributed by atoms with Crippen molar-refractivity contribution in [2.45, 2.75) is 0 Å². The summed E-state index contributed by atoms with van der Waals surface area (Å²) >= 11 is 0. The largest absolute Gasteiger partial charge is 1.00 e. The third-order valence-electron chi connectivity index (χ3n) is 5.14. The molecule has 4 aromatic rings. The van der Waals surface area contributed by atoms with E-state index in [1.807, 2.05) is 48.8 Å².